The Bertz CT molecular complexity index is 1080. The molecule has 1 aromatic heterocycles. The number of nitrogens with zero attached hydrogens (tertiary/aromatic N) is 5. The Morgan fingerprint density at radius 3 is 2.34 bits per heavy atom. The normalized spacial score (nSPS) is 18.4. The minimum Gasteiger partial charge on any atom is -0.368 e. The number of benzene rings is 2. The van der Waals surface area contributed by atoms with Crippen LogP contribution < -0.4 is 4.90 Å². The molecule has 0 bridgehead atoms. The maximum absolute atomic E-state index is 13.2. The molecule has 3 aromatic rings. The number of rotatable bonds is 4. The summed E-state index contributed by atoms with van der Waals surface area (Å²) in [5.41, 5.74) is 3.22. The summed E-state index contributed by atoms with van der Waals surface area (Å²) in [5, 5.41) is 0. The lowest BCUT2D eigenvalue weighted by atomic mass is 9.95. The third-order valence-corrected chi connectivity index (χ3v) is 6.96. The molecule has 6 nitrogen and oxygen atoms in total. The highest BCUT2D eigenvalue weighted by Crippen LogP contribution is 2.24. The van der Waals surface area contributed by atoms with Gasteiger partial charge in [-0.15, -0.1) is 0 Å². The van der Waals surface area contributed by atoms with Gasteiger partial charge >= 0.3 is 0 Å². The number of fused-ring (bicyclic) bond motifs is 1. The zero-order valence-electron chi connectivity index (χ0n) is 18.6. The fourth-order valence-corrected chi connectivity index (χ4v) is 4.97. The number of piperidine rings is 1. The molecule has 0 radical (unpaired) electrons. The van der Waals surface area contributed by atoms with Crippen LogP contribution in [0.15, 0.2) is 48.5 Å². The van der Waals surface area contributed by atoms with Gasteiger partial charge in [0.15, 0.2) is 0 Å². The smallest absolute Gasteiger partial charge is 0.225 e. The van der Waals surface area contributed by atoms with E-state index in [4.69, 9.17) is 4.98 Å². The van der Waals surface area contributed by atoms with Crippen LogP contribution in [0.1, 0.15) is 18.7 Å². The Hall–Kier alpha value is -2.93. The third-order valence-electron chi connectivity index (χ3n) is 6.96. The first kappa shape index (κ1) is 20.9. The molecule has 3 heterocycles. The molecule has 2 aromatic carbocycles. The molecule has 0 aliphatic carbocycles. The van der Waals surface area contributed by atoms with Crippen molar-refractivity contribution < 1.29 is 9.18 Å². The van der Waals surface area contributed by atoms with Crippen molar-refractivity contribution in [3.05, 3.63) is 60.2 Å². The van der Waals surface area contributed by atoms with Gasteiger partial charge in [-0.25, -0.2) is 9.37 Å². The van der Waals surface area contributed by atoms with Crippen molar-refractivity contribution in [2.24, 2.45) is 13.0 Å². The summed E-state index contributed by atoms with van der Waals surface area (Å²) in [4.78, 5) is 24.6. The van der Waals surface area contributed by atoms with Gasteiger partial charge in [0, 0.05) is 44.8 Å². The van der Waals surface area contributed by atoms with Crippen LogP contribution in [0.25, 0.3) is 11.0 Å². The summed E-state index contributed by atoms with van der Waals surface area (Å²) in [6.07, 6.45) is 1.81. The largest absolute Gasteiger partial charge is 0.368 e. The lowest BCUT2D eigenvalue weighted by Crippen LogP contribution is -2.51. The highest BCUT2D eigenvalue weighted by atomic mass is 19.1. The van der Waals surface area contributed by atoms with Crippen LogP contribution in [-0.2, 0) is 18.4 Å². The van der Waals surface area contributed by atoms with Crippen LogP contribution in [-0.4, -0.2) is 64.5 Å². The second kappa shape index (κ2) is 8.90. The van der Waals surface area contributed by atoms with Crippen LogP contribution in [0.4, 0.5) is 10.1 Å². The molecule has 2 aliphatic rings. The Morgan fingerprint density at radius 1 is 0.969 bits per heavy atom. The van der Waals surface area contributed by atoms with Crippen molar-refractivity contribution in [3.8, 4) is 0 Å². The van der Waals surface area contributed by atoms with E-state index in [9.17, 15) is 9.18 Å². The molecule has 0 atom stereocenters. The molecular weight excluding hydrogens is 405 g/mol. The molecule has 2 fully saturated rings. The molecule has 7 heteroatoms. The molecule has 0 unspecified atom stereocenters. The molecule has 2 saturated heterocycles. The van der Waals surface area contributed by atoms with E-state index in [1.807, 2.05) is 29.2 Å². The second-order valence-corrected chi connectivity index (χ2v) is 8.91. The number of amides is 1. The van der Waals surface area contributed by atoms with Crippen LogP contribution in [0.5, 0.6) is 0 Å². The number of carbonyl (C=O) groups excluding carboxylic acids is 1. The zero-order valence-corrected chi connectivity index (χ0v) is 18.6. The minimum absolute atomic E-state index is 0.115. The SMILES string of the molecule is Cn1c(CN2CCC(C(=O)N3CCN(c4ccc(F)cc4)CC3)CC2)nc2ccccc21. The predicted molar refractivity (Wildman–Crippen MR) is 124 cm³/mol. The van der Waals surface area contributed by atoms with Crippen molar-refractivity contribution >= 4 is 22.6 Å². The van der Waals surface area contributed by atoms with E-state index >= 15 is 0 Å². The van der Waals surface area contributed by atoms with Gasteiger partial charge in [0.05, 0.1) is 17.6 Å². The number of aromatic nitrogens is 2. The first-order chi connectivity index (χ1) is 15.6. The molecule has 0 N–H and O–H groups in total. The average molecular weight is 436 g/mol. The molecule has 32 heavy (non-hydrogen) atoms. The number of halogens is 1. The number of imidazole rings is 1. The van der Waals surface area contributed by atoms with E-state index < -0.39 is 0 Å². The van der Waals surface area contributed by atoms with Gasteiger partial charge in [-0.05, 0) is 62.3 Å². The quantitative estimate of drug-likeness (QED) is 0.631. The van der Waals surface area contributed by atoms with Crippen molar-refractivity contribution in [1.29, 1.82) is 0 Å². The topological polar surface area (TPSA) is 44.6 Å². The van der Waals surface area contributed by atoms with Crippen molar-refractivity contribution in [1.82, 2.24) is 19.4 Å². The summed E-state index contributed by atoms with van der Waals surface area (Å²) in [7, 11) is 2.08. The van der Waals surface area contributed by atoms with E-state index in [2.05, 4.69) is 33.5 Å². The van der Waals surface area contributed by atoms with Gasteiger partial charge in [-0.2, -0.15) is 0 Å². The van der Waals surface area contributed by atoms with Crippen LogP contribution in [0.2, 0.25) is 0 Å². The number of carbonyl (C=O) groups is 1. The summed E-state index contributed by atoms with van der Waals surface area (Å²) < 4.78 is 15.3. The Labute approximate surface area is 188 Å². The van der Waals surface area contributed by atoms with Gasteiger partial charge in [-0.1, -0.05) is 12.1 Å². The van der Waals surface area contributed by atoms with E-state index in [1.54, 1.807) is 0 Å². The molecule has 0 saturated carbocycles. The zero-order chi connectivity index (χ0) is 22.1. The monoisotopic (exact) mass is 435 g/mol. The highest BCUT2D eigenvalue weighted by Gasteiger charge is 2.30. The Morgan fingerprint density at radius 2 is 1.66 bits per heavy atom. The van der Waals surface area contributed by atoms with Crippen molar-refractivity contribution in [2.45, 2.75) is 19.4 Å². The molecule has 2 aliphatic heterocycles. The second-order valence-electron chi connectivity index (χ2n) is 8.91. The van der Waals surface area contributed by atoms with E-state index in [-0.39, 0.29) is 11.7 Å². The van der Waals surface area contributed by atoms with Gasteiger partial charge in [0.25, 0.3) is 0 Å². The molecular formula is C25H30FN5O. The van der Waals surface area contributed by atoms with E-state index in [0.29, 0.717) is 5.91 Å². The van der Waals surface area contributed by atoms with Crippen LogP contribution in [0, 0.1) is 11.7 Å². The lowest BCUT2D eigenvalue weighted by Gasteiger charge is -2.39. The molecule has 1 amide bonds. The van der Waals surface area contributed by atoms with Crippen molar-refractivity contribution in [3.63, 3.8) is 0 Å². The van der Waals surface area contributed by atoms with Crippen LogP contribution in [0.3, 0.4) is 0 Å². The maximum Gasteiger partial charge on any atom is 0.225 e. The average Bonchev–Trinajstić information content (AvgIpc) is 3.15. The predicted octanol–water partition coefficient (Wildman–Crippen LogP) is 3.27. The first-order valence-electron chi connectivity index (χ1n) is 11.5. The first-order valence-corrected chi connectivity index (χ1v) is 11.5. The third kappa shape index (κ3) is 4.21. The minimum atomic E-state index is -0.218. The molecule has 0 spiro atoms. The number of piperazine rings is 1. The Balaban J connectivity index is 1.12. The molecule has 5 rings (SSSR count). The van der Waals surface area contributed by atoms with Crippen molar-refractivity contribution in [2.75, 3.05) is 44.2 Å². The van der Waals surface area contributed by atoms with Gasteiger partial charge in [-0.3, -0.25) is 9.69 Å². The van der Waals surface area contributed by atoms with Gasteiger partial charge in [0.2, 0.25) is 5.91 Å². The highest BCUT2D eigenvalue weighted by molar-refractivity contribution is 5.79. The maximum atomic E-state index is 13.2. The number of aryl methyl sites for hydroxylation is 1. The summed E-state index contributed by atoms with van der Waals surface area (Å²) in [6, 6.07) is 14.8. The van der Waals surface area contributed by atoms with Gasteiger partial charge < -0.3 is 14.4 Å². The molecule has 168 valence electrons. The Kier molecular flexibility index (Phi) is 5.83. The van der Waals surface area contributed by atoms with Gasteiger partial charge in [0.1, 0.15) is 11.6 Å². The van der Waals surface area contributed by atoms with Crippen LogP contribution >= 0.6 is 0 Å². The number of hydrogen-bond donors (Lipinski definition) is 0. The summed E-state index contributed by atoms with van der Waals surface area (Å²) in [5.74, 6) is 1.27. The fraction of sp³-hybridized carbons (Fsp3) is 0.440. The number of likely N-dealkylation sites (tertiary alicyclic amines) is 1. The number of para-hydroxylation sites is 2. The summed E-state index contributed by atoms with van der Waals surface area (Å²) in [6.45, 7) is 5.73. The van der Waals surface area contributed by atoms with E-state index in [1.165, 1.54) is 12.1 Å². The lowest BCUT2D eigenvalue weighted by molar-refractivity contribution is -0.137. The fourth-order valence-electron chi connectivity index (χ4n) is 4.97. The number of anilines is 1. The number of hydrogen-bond acceptors (Lipinski definition) is 4. The van der Waals surface area contributed by atoms with E-state index in [0.717, 1.165) is 81.2 Å². The summed E-state index contributed by atoms with van der Waals surface area (Å²) >= 11 is 0. The standard InChI is InChI=1S/C25H30FN5O/c1-28-23-5-3-2-4-22(23)27-24(28)18-29-12-10-19(11-13-29)25(32)31-16-14-30(15-17-31)21-8-6-20(26)7-9-21/h2-9,19H,10-18H2,1H3.